The lowest BCUT2D eigenvalue weighted by Gasteiger charge is -1.92. The van der Waals surface area contributed by atoms with Gasteiger partial charge in [0.05, 0.1) is 0 Å². The lowest BCUT2D eigenvalue weighted by atomic mass is 10.7. The van der Waals surface area contributed by atoms with Gasteiger partial charge in [-0.15, -0.1) is 6.42 Å². The standard InChI is InChI=1S/C4H8N4/c1-2-3-7-4(5)8-6/h1H,3,6H2,(H3,5,7,8). The molecule has 5 N–H and O–H groups in total. The Bertz CT molecular complexity index is 120. The Morgan fingerprint density at radius 2 is 2.50 bits per heavy atom. The van der Waals surface area contributed by atoms with E-state index in [-0.39, 0.29) is 12.5 Å². The van der Waals surface area contributed by atoms with Gasteiger partial charge in [0, 0.05) is 0 Å². The molecule has 0 saturated carbocycles. The minimum absolute atomic E-state index is 0.156. The molecule has 0 aromatic heterocycles. The molecule has 0 radical (unpaired) electrons. The molecule has 0 aliphatic rings. The summed E-state index contributed by atoms with van der Waals surface area (Å²) in [5.41, 5.74) is 7.21. The highest BCUT2D eigenvalue weighted by molar-refractivity contribution is 5.77. The van der Waals surface area contributed by atoms with Crippen LogP contribution in [0.4, 0.5) is 0 Å². The van der Waals surface area contributed by atoms with Crippen LogP contribution >= 0.6 is 0 Å². The van der Waals surface area contributed by atoms with Crippen molar-refractivity contribution in [2.45, 2.75) is 0 Å². The lowest BCUT2D eigenvalue weighted by molar-refractivity contribution is 0.992. The molecule has 4 nitrogen and oxygen atoms in total. The summed E-state index contributed by atoms with van der Waals surface area (Å²) in [5.74, 6) is 7.26. The van der Waals surface area contributed by atoms with E-state index < -0.39 is 0 Å². The van der Waals surface area contributed by atoms with Crippen molar-refractivity contribution < 1.29 is 0 Å². The molecule has 0 rings (SSSR count). The van der Waals surface area contributed by atoms with Crippen molar-refractivity contribution in [2.24, 2.45) is 16.6 Å². The Balaban J connectivity index is 3.45. The Labute approximate surface area is 47.9 Å². The molecule has 0 saturated heterocycles. The van der Waals surface area contributed by atoms with Gasteiger partial charge in [0.15, 0.2) is 0 Å². The largest absolute Gasteiger partial charge is 0.369 e. The summed E-state index contributed by atoms with van der Waals surface area (Å²) in [6, 6.07) is 0. The lowest BCUT2D eigenvalue weighted by Crippen LogP contribution is -2.37. The first-order valence-corrected chi connectivity index (χ1v) is 2.01. The molecule has 0 aromatic rings. The quantitative estimate of drug-likeness (QED) is 0.126. The van der Waals surface area contributed by atoms with Crippen LogP contribution in [0, 0.1) is 12.3 Å². The molecule has 0 spiro atoms. The number of hydrogen-bond donors (Lipinski definition) is 3. The topological polar surface area (TPSA) is 76.4 Å². The Morgan fingerprint density at radius 1 is 1.88 bits per heavy atom. The van der Waals surface area contributed by atoms with Gasteiger partial charge < -0.3 is 5.73 Å². The van der Waals surface area contributed by atoms with E-state index in [2.05, 4.69) is 16.3 Å². The van der Waals surface area contributed by atoms with Crippen LogP contribution in [-0.4, -0.2) is 12.5 Å². The molecular weight excluding hydrogens is 104 g/mol. The van der Waals surface area contributed by atoms with Crippen LogP contribution in [0.3, 0.4) is 0 Å². The summed E-state index contributed by atoms with van der Waals surface area (Å²) in [7, 11) is 0. The summed E-state index contributed by atoms with van der Waals surface area (Å²) in [4.78, 5) is 3.58. The van der Waals surface area contributed by atoms with Crippen molar-refractivity contribution in [2.75, 3.05) is 6.54 Å². The molecule has 0 fully saturated rings. The molecule has 0 aliphatic heterocycles. The summed E-state index contributed by atoms with van der Waals surface area (Å²) in [6.45, 7) is 0.260. The number of nitrogens with one attached hydrogen (secondary N) is 1. The molecule has 0 amide bonds. The number of hydrazine groups is 1. The third kappa shape index (κ3) is 3.00. The van der Waals surface area contributed by atoms with Crippen LogP contribution in [-0.2, 0) is 0 Å². The Morgan fingerprint density at radius 3 is 2.88 bits per heavy atom. The highest BCUT2D eigenvalue weighted by atomic mass is 15.3. The van der Waals surface area contributed by atoms with Gasteiger partial charge in [0.25, 0.3) is 0 Å². The molecule has 0 atom stereocenters. The molecule has 0 heterocycles. The smallest absolute Gasteiger partial charge is 0.204 e. The predicted octanol–water partition coefficient (Wildman–Crippen LogP) is -1.60. The average molecular weight is 112 g/mol. The zero-order valence-corrected chi connectivity index (χ0v) is 4.39. The number of guanidine groups is 1. The number of terminal acetylenes is 1. The van der Waals surface area contributed by atoms with Gasteiger partial charge in [-0.2, -0.15) is 0 Å². The Kier molecular flexibility index (Phi) is 3.36. The second-order valence-corrected chi connectivity index (χ2v) is 1.05. The van der Waals surface area contributed by atoms with Crippen LogP contribution in [0.5, 0.6) is 0 Å². The third-order valence-electron chi connectivity index (χ3n) is 0.489. The van der Waals surface area contributed by atoms with Crippen molar-refractivity contribution in [1.82, 2.24) is 5.43 Å². The fraction of sp³-hybridized carbons (Fsp3) is 0.250. The molecule has 0 aromatic carbocycles. The van der Waals surface area contributed by atoms with Crippen molar-refractivity contribution >= 4 is 5.96 Å². The van der Waals surface area contributed by atoms with Gasteiger partial charge in [-0.25, -0.2) is 10.8 Å². The van der Waals surface area contributed by atoms with Crippen LogP contribution in [0.25, 0.3) is 0 Å². The van der Waals surface area contributed by atoms with Crippen molar-refractivity contribution in [3.8, 4) is 12.3 Å². The normalized spacial score (nSPS) is 10.2. The number of aliphatic imine (C=N–C) groups is 1. The van der Waals surface area contributed by atoms with E-state index in [1.165, 1.54) is 0 Å². The van der Waals surface area contributed by atoms with E-state index in [0.717, 1.165) is 0 Å². The molecule has 0 bridgehead atoms. The van der Waals surface area contributed by atoms with E-state index in [1.54, 1.807) is 0 Å². The maximum Gasteiger partial charge on any atom is 0.204 e. The number of nitrogens with zero attached hydrogens (tertiary/aromatic N) is 1. The number of nitrogens with two attached hydrogens (primary N) is 2. The SMILES string of the molecule is C#CCN=C(N)NN. The van der Waals surface area contributed by atoms with Crippen LogP contribution in [0.1, 0.15) is 0 Å². The van der Waals surface area contributed by atoms with Gasteiger partial charge in [-0.05, 0) is 0 Å². The fourth-order valence-corrected chi connectivity index (χ4v) is 0.176. The maximum atomic E-state index is 5.08. The summed E-state index contributed by atoms with van der Waals surface area (Å²) >= 11 is 0. The Hall–Kier alpha value is -1.21. The zero-order valence-electron chi connectivity index (χ0n) is 4.39. The van der Waals surface area contributed by atoms with Crippen LogP contribution in [0.15, 0.2) is 4.99 Å². The number of rotatable bonds is 1. The van der Waals surface area contributed by atoms with Crippen molar-refractivity contribution in [3.63, 3.8) is 0 Å². The van der Waals surface area contributed by atoms with E-state index in [4.69, 9.17) is 18.0 Å². The van der Waals surface area contributed by atoms with E-state index in [1.807, 2.05) is 0 Å². The second kappa shape index (κ2) is 3.96. The minimum Gasteiger partial charge on any atom is -0.369 e. The van der Waals surface area contributed by atoms with Gasteiger partial charge in [-0.1, -0.05) is 5.92 Å². The van der Waals surface area contributed by atoms with E-state index in [0.29, 0.717) is 0 Å². The van der Waals surface area contributed by atoms with Gasteiger partial charge in [0.2, 0.25) is 5.96 Å². The third-order valence-corrected chi connectivity index (χ3v) is 0.489. The molecule has 0 aliphatic carbocycles. The van der Waals surface area contributed by atoms with Gasteiger partial charge >= 0.3 is 0 Å². The zero-order chi connectivity index (χ0) is 6.41. The second-order valence-electron chi connectivity index (χ2n) is 1.05. The molecule has 44 valence electrons. The predicted molar refractivity (Wildman–Crippen MR) is 32.6 cm³/mol. The first kappa shape index (κ1) is 6.79. The van der Waals surface area contributed by atoms with Crippen LogP contribution in [0.2, 0.25) is 0 Å². The highest BCUT2D eigenvalue weighted by Gasteiger charge is 1.77. The molecule has 8 heavy (non-hydrogen) atoms. The molecular formula is C4H8N4. The van der Waals surface area contributed by atoms with Gasteiger partial charge in [-0.3, -0.25) is 5.43 Å². The van der Waals surface area contributed by atoms with Crippen molar-refractivity contribution in [1.29, 1.82) is 0 Å². The monoisotopic (exact) mass is 112 g/mol. The average Bonchev–Trinajstić information content (AvgIpc) is 1.83. The molecule has 4 heteroatoms. The maximum absolute atomic E-state index is 5.08. The number of hydrogen-bond acceptors (Lipinski definition) is 2. The van der Waals surface area contributed by atoms with E-state index in [9.17, 15) is 0 Å². The molecule has 0 unspecified atom stereocenters. The summed E-state index contributed by atoms with van der Waals surface area (Å²) < 4.78 is 0. The first-order chi connectivity index (χ1) is 3.81. The minimum atomic E-state index is 0.156. The highest BCUT2D eigenvalue weighted by Crippen LogP contribution is 1.61. The fourth-order valence-electron chi connectivity index (χ4n) is 0.176. The first-order valence-electron chi connectivity index (χ1n) is 2.01. The van der Waals surface area contributed by atoms with E-state index >= 15 is 0 Å². The van der Waals surface area contributed by atoms with Crippen molar-refractivity contribution in [3.05, 3.63) is 0 Å². The summed E-state index contributed by atoms with van der Waals surface area (Å²) in [6.07, 6.45) is 4.85. The summed E-state index contributed by atoms with van der Waals surface area (Å²) in [5, 5.41) is 0. The van der Waals surface area contributed by atoms with Gasteiger partial charge in [0.1, 0.15) is 6.54 Å². The van der Waals surface area contributed by atoms with Crippen LogP contribution < -0.4 is 17.0 Å².